The molecule has 45 heavy (non-hydrogen) atoms. The van der Waals surface area contributed by atoms with Gasteiger partial charge in [0, 0.05) is 20.3 Å². The molecule has 0 heterocycles. The highest BCUT2D eigenvalue weighted by Gasteiger charge is 2.10. The Morgan fingerprint density at radius 2 is 0.644 bits per heavy atom. The number of hydrogen-bond acceptors (Lipinski definition) is 11. The van der Waals surface area contributed by atoms with Gasteiger partial charge in [-0.25, -0.2) is 0 Å². The molecule has 272 valence electrons. The van der Waals surface area contributed by atoms with Gasteiger partial charge in [-0.15, -0.1) is 0 Å². The average Bonchev–Trinajstić information content (AvgIpc) is 3.05. The van der Waals surface area contributed by atoms with Gasteiger partial charge in [-0.05, 0) is 12.8 Å². The molecule has 11 heteroatoms. The fraction of sp³-hybridized carbons (Fsp3) is 1.00. The van der Waals surface area contributed by atoms with Crippen LogP contribution in [-0.2, 0) is 52.1 Å². The molecule has 0 aliphatic carbocycles. The first-order valence-electron chi connectivity index (χ1n) is 17.6. The molecule has 0 aromatic rings. The van der Waals surface area contributed by atoms with Gasteiger partial charge >= 0.3 is 0 Å². The lowest BCUT2D eigenvalue weighted by atomic mass is 10.1. The van der Waals surface area contributed by atoms with Crippen LogP contribution in [0.3, 0.4) is 0 Å². The van der Waals surface area contributed by atoms with E-state index in [1.165, 1.54) is 44.9 Å². The third kappa shape index (κ3) is 39.7. The maximum Gasteiger partial charge on any atom is 0.104 e. The van der Waals surface area contributed by atoms with E-state index in [2.05, 4.69) is 13.8 Å². The Hall–Kier alpha value is -0.440. The van der Waals surface area contributed by atoms with E-state index in [4.69, 9.17) is 52.1 Å². The molecule has 11 nitrogen and oxygen atoms in total. The predicted octanol–water partition coefficient (Wildman–Crippen LogP) is 5.11. The lowest BCUT2D eigenvalue weighted by Gasteiger charge is -2.18. The van der Waals surface area contributed by atoms with Gasteiger partial charge in [-0.1, -0.05) is 65.2 Å². The summed E-state index contributed by atoms with van der Waals surface area (Å²) < 4.78 is 61.0. The van der Waals surface area contributed by atoms with Gasteiger partial charge in [0.05, 0.1) is 119 Å². The fourth-order valence-electron chi connectivity index (χ4n) is 4.00. The molecule has 0 aliphatic rings. The molecule has 0 saturated carbocycles. The van der Waals surface area contributed by atoms with Gasteiger partial charge in [-0.2, -0.15) is 0 Å². The van der Waals surface area contributed by atoms with Gasteiger partial charge in [0.1, 0.15) is 6.10 Å². The summed E-state index contributed by atoms with van der Waals surface area (Å²) >= 11 is 0. The highest BCUT2D eigenvalue weighted by molar-refractivity contribution is 4.56. The Morgan fingerprint density at radius 1 is 0.311 bits per heavy atom. The largest absolute Gasteiger partial charge is 0.382 e. The molecule has 0 N–H and O–H groups in total. The monoisotopic (exact) mass is 654 g/mol. The third-order valence-electron chi connectivity index (χ3n) is 6.64. The second-order valence-electron chi connectivity index (χ2n) is 10.8. The van der Waals surface area contributed by atoms with Crippen LogP contribution < -0.4 is 0 Å². The first kappa shape index (κ1) is 44.6. The van der Waals surface area contributed by atoms with E-state index >= 15 is 0 Å². The van der Waals surface area contributed by atoms with Gasteiger partial charge in [0.25, 0.3) is 0 Å². The van der Waals surface area contributed by atoms with Crippen LogP contribution in [0.4, 0.5) is 0 Å². The van der Waals surface area contributed by atoms with Gasteiger partial charge in [-0.3, -0.25) is 0 Å². The van der Waals surface area contributed by atoms with Crippen molar-refractivity contribution in [3.8, 4) is 0 Å². The first-order valence-corrected chi connectivity index (χ1v) is 17.6. The molecule has 0 amide bonds. The number of ether oxygens (including phenoxy) is 11. The zero-order valence-electron chi connectivity index (χ0n) is 29.3. The van der Waals surface area contributed by atoms with E-state index in [0.717, 1.165) is 32.5 Å². The highest BCUT2D eigenvalue weighted by atomic mass is 16.6. The summed E-state index contributed by atoms with van der Waals surface area (Å²) in [4.78, 5) is 0. The van der Waals surface area contributed by atoms with Crippen molar-refractivity contribution >= 4 is 0 Å². The van der Waals surface area contributed by atoms with Crippen LogP contribution in [0.15, 0.2) is 0 Å². The third-order valence-corrected chi connectivity index (χ3v) is 6.64. The lowest BCUT2D eigenvalue weighted by molar-refractivity contribution is -0.0769. The SMILES string of the molecule is CCCCCCCCCCOCC(COCCCC)OCCOCCOCCOCCOCCOCCOCCOCCOC. The standard InChI is InChI=1S/C34H70O11/c1-4-6-8-9-10-11-12-13-15-44-33-34(32-43-14-7-5-2)45-31-30-42-29-28-41-27-26-40-25-24-39-23-22-38-21-20-37-19-18-36-17-16-35-3/h34H,4-33H2,1-3H3. The van der Waals surface area contributed by atoms with Crippen molar-refractivity contribution in [3.63, 3.8) is 0 Å². The van der Waals surface area contributed by atoms with Crippen molar-refractivity contribution < 1.29 is 52.1 Å². The molecule has 0 radical (unpaired) electrons. The fourth-order valence-corrected chi connectivity index (χ4v) is 4.00. The number of methoxy groups -OCH3 is 1. The van der Waals surface area contributed by atoms with Crippen LogP contribution >= 0.6 is 0 Å². The normalized spacial score (nSPS) is 12.3. The predicted molar refractivity (Wildman–Crippen MR) is 177 cm³/mol. The van der Waals surface area contributed by atoms with Crippen LogP contribution in [0.1, 0.15) is 78.1 Å². The smallest absolute Gasteiger partial charge is 0.104 e. The molecule has 0 rings (SSSR count). The summed E-state index contributed by atoms with van der Waals surface area (Å²) in [5.74, 6) is 0. The van der Waals surface area contributed by atoms with E-state index in [9.17, 15) is 0 Å². The van der Waals surface area contributed by atoms with Crippen molar-refractivity contribution in [3.05, 3.63) is 0 Å². The number of hydrogen-bond donors (Lipinski definition) is 0. The summed E-state index contributed by atoms with van der Waals surface area (Å²) in [6.07, 6.45) is 12.5. The Morgan fingerprint density at radius 3 is 1.04 bits per heavy atom. The molecule has 1 unspecified atom stereocenters. The van der Waals surface area contributed by atoms with Gasteiger partial charge < -0.3 is 52.1 Å². The average molecular weight is 655 g/mol. The van der Waals surface area contributed by atoms with E-state index in [0.29, 0.717) is 119 Å². The van der Waals surface area contributed by atoms with Gasteiger partial charge in [0.2, 0.25) is 0 Å². The molecule has 0 aromatic heterocycles. The summed E-state index contributed by atoms with van der Waals surface area (Å²) in [6.45, 7) is 15.7. The second-order valence-corrected chi connectivity index (χ2v) is 10.8. The minimum Gasteiger partial charge on any atom is -0.382 e. The lowest BCUT2D eigenvalue weighted by Crippen LogP contribution is -2.28. The molecule has 0 bridgehead atoms. The van der Waals surface area contributed by atoms with E-state index in [1.54, 1.807) is 7.11 Å². The molecule has 0 saturated heterocycles. The molecule has 0 aliphatic heterocycles. The summed E-state index contributed by atoms with van der Waals surface area (Å²) in [7, 11) is 1.65. The summed E-state index contributed by atoms with van der Waals surface area (Å²) in [5, 5.41) is 0. The van der Waals surface area contributed by atoms with Crippen molar-refractivity contribution in [2.24, 2.45) is 0 Å². The minimum atomic E-state index is -0.0635. The maximum absolute atomic E-state index is 5.98. The van der Waals surface area contributed by atoms with Crippen LogP contribution in [0, 0.1) is 0 Å². The van der Waals surface area contributed by atoms with E-state index in [-0.39, 0.29) is 6.10 Å². The van der Waals surface area contributed by atoms with Crippen LogP contribution in [0.5, 0.6) is 0 Å². The van der Waals surface area contributed by atoms with E-state index < -0.39 is 0 Å². The second kappa shape index (κ2) is 41.6. The molecule has 0 fully saturated rings. The topological polar surface area (TPSA) is 102 Å². The highest BCUT2D eigenvalue weighted by Crippen LogP contribution is 2.08. The Balaban J connectivity index is 3.48. The van der Waals surface area contributed by atoms with Crippen LogP contribution in [0.25, 0.3) is 0 Å². The molecular weight excluding hydrogens is 584 g/mol. The minimum absolute atomic E-state index is 0.0635. The molecular formula is C34H70O11. The maximum atomic E-state index is 5.98. The zero-order chi connectivity index (χ0) is 32.6. The summed E-state index contributed by atoms with van der Waals surface area (Å²) in [5.41, 5.74) is 0. The van der Waals surface area contributed by atoms with Crippen molar-refractivity contribution in [1.82, 2.24) is 0 Å². The Labute approximate surface area is 275 Å². The molecule has 1 atom stereocenters. The zero-order valence-corrected chi connectivity index (χ0v) is 29.3. The van der Waals surface area contributed by atoms with Crippen LogP contribution in [-0.4, -0.2) is 145 Å². The van der Waals surface area contributed by atoms with Crippen molar-refractivity contribution in [2.75, 3.05) is 139 Å². The molecule has 0 spiro atoms. The van der Waals surface area contributed by atoms with Crippen molar-refractivity contribution in [1.29, 1.82) is 0 Å². The van der Waals surface area contributed by atoms with Crippen molar-refractivity contribution in [2.45, 2.75) is 84.2 Å². The van der Waals surface area contributed by atoms with E-state index in [1.807, 2.05) is 0 Å². The van der Waals surface area contributed by atoms with Crippen LogP contribution in [0.2, 0.25) is 0 Å². The quantitative estimate of drug-likeness (QED) is 0.0823. The number of rotatable bonds is 41. The molecule has 0 aromatic carbocycles. The van der Waals surface area contributed by atoms with Gasteiger partial charge in [0.15, 0.2) is 0 Å². The Bertz CT molecular complexity index is 517. The first-order chi connectivity index (χ1) is 22.3. The Kier molecular flexibility index (Phi) is 41.2. The summed E-state index contributed by atoms with van der Waals surface area (Å²) in [6, 6.07) is 0. The number of unbranched alkanes of at least 4 members (excludes halogenated alkanes) is 8.